The number of hydrogen-bond donors (Lipinski definition) is 2. The van der Waals surface area contributed by atoms with Crippen molar-refractivity contribution in [1.29, 1.82) is 0 Å². The Morgan fingerprint density at radius 1 is 1.16 bits per heavy atom. The van der Waals surface area contributed by atoms with E-state index in [9.17, 15) is 23.1 Å². The molecule has 1 aromatic carbocycles. The first-order valence-electron chi connectivity index (χ1n) is 12.2. The van der Waals surface area contributed by atoms with Gasteiger partial charge in [0.05, 0.1) is 24.4 Å². The lowest BCUT2D eigenvalue weighted by Crippen LogP contribution is -2.63. The quantitative estimate of drug-likeness (QED) is 0.580. The second-order valence-corrected chi connectivity index (χ2v) is 10.8. The summed E-state index contributed by atoms with van der Waals surface area (Å²) >= 11 is 6.00. The minimum atomic E-state index is -4.66. The molecule has 2 unspecified atom stereocenters. The second-order valence-electron chi connectivity index (χ2n) is 10.4. The monoisotopic (exact) mass is 543 g/mol. The largest absolute Gasteiger partial charge is 0.522 e. The van der Waals surface area contributed by atoms with Crippen molar-refractivity contribution < 1.29 is 41.7 Å². The Bertz CT molecular complexity index is 1180. The number of carbonyl (C=O) groups excluding carboxylic acids is 1. The maximum Gasteiger partial charge on any atom is 0.522 e. The summed E-state index contributed by atoms with van der Waals surface area (Å²) < 4.78 is 59.0. The number of aliphatic hydroxyl groups excluding tert-OH is 1. The number of hydrogen-bond acceptors (Lipinski definition) is 8. The van der Waals surface area contributed by atoms with Gasteiger partial charge in [-0.3, -0.25) is 9.53 Å². The molecule has 5 aliphatic rings. The van der Waals surface area contributed by atoms with E-state index >= 15 is 0 Å². The number of fused-ring (bicyclic) bond motifs is 4. The van der Waals surface area contributed by atoms with Gasteiger partial charge in [-0.25, -0.2) is 0 Å². The van der Waals surface area contributed by atoms with E-state index in [1.54, 1.807) is 18.2 Å². The molecule has 0 radical (unpaired) electrons. The number of nitrogens with zero attached hydrogens (tertiary/aromatic N) is 2. The Kier molecular flexibility index (Phi) is 5.94. The molecule has 2 bridgehead atoms. The second kappa shape index (κ2) is 8.82. The Labute approximate surface area is 214 Å². The van der Waals surface area contributed by atoms with Gasteiger partial charge in [-0.05, 0) is 56.7 Å². The van der Waals surface area contributed by atoms with E-state index in [0.29, 0.717) is 53.8 Å². The van der Waals surface area contributed by atoms with Crippen molar-refractivity contribution >= 4 is 17.5 Å². The molecule has 2 saturated carbocycles. The summed E-state index contributed by atoms with van der Waals surface area (Å²) in [6.07, 6.45) is -4.53. The van der Waals surface area contributed by atoms with Crippen LogP contribution >= 0.6 is 11.6 Å². The van der Waals surface area contributed by atoms with Crippen LogP contribution in [0.3, 0.4) is 0 Å². The van der Waals surface area contributed by atoms with Crippen LogP contribution in [0.25, 0.3) is 0 Å². The maximum absolute atomic E-state index is 13.1. The summed E-state index contributed by atoms with van der Waals surface area (Å²) in [7, 11) is 0. The van der Waals surface area contributed by atoms with Gasteiger partial charge in [0.1, 0.15) is 11.4 Å². The van der Waals surface area contributed by atoms with E-state index in [1.807, 2.05) is 0 Å². The van der Waals surface area contributed by atoms with Gasteiger partial charge in [0, 0.05) is 22.9 Å². The lowest BCUT2D eigenvalue weighted by atomic mass is 9.71. The number of alkyl halides is 3. The van der Waals surface area contributed by atoms with E-state index in [1.165, 1.54) is 0 Å². The third-order valence-corrected chi connectivity index (χ3v) is 8.17. The van der Waals surface area contributed by atoms with Gasteiger partial charge in [0.25, 0.3) is 5.91 Å². The Morgan fingerprint density at radius 2 is 1.92 bits per heavy atom. The van der Waals surface area contributed by atoms with Crippen LogP contribution in [0.4, 0.5) is 13.2 Å². The van der Waals surface area contributed by atoms with Gasteiger partial charge in [-0.15, -0.1) is 23.4 Å². The molecule has 1 amide bonds. The van der Waals surface area contributed by atoms with Gasteiger partial charge in [-0.2, -0.15) is 0 Å². The molecule has 4 heterocycles. The fourth-order valence-electron chi connectivity index (χ4n) is 5.69. The zero-order valence-electron chi connectivity index (χ0n) is 19.6. The number of aromatic nitrogens is 2. The highest BCUT2D eigenvalue weighted by atomic mass is 35.5. The normalized spacial score (nSPS) is 34.8. The fraction of sp³-hybridized carbons (Fsp3) is 0.625. The standard InChI is InChI=1S/C24H25ClF3N3O6/c25-13-1-2-17-15(9-13)16(32)10-18(35-17)19(33)29-22-3-5-23(6-4-22,34-11-22)21-31-30-20(36-21)12-7-14(8-12)37-24(26,27)28/h1-2,9,12,14,16,18,32H,3-8,10-11H2,(H,29,33). The number of amides is 1. The summed E-state index contributed by atoms with van der Waals surface area (Å²) in [6, 6.07) is 4.92. The predicted molar refractivity (Wildman–Crippen MR) is 120 cm³/mol. The number of ether oxygens (including phenoxy) is 3. The van der Waals surface area contributed by atoms with E-state index in [2.05, 4.69) is 20.3 Å². The van der Waals surface area contributed by atoms with Crippen molar-refractivity contribution in [3.63, 3.8) is 0 Å². The lowest BCUT2D eigenvalue weighted by Gasteiger charge is -2.51. The first kappa shape index (κ1) is 24.9. The van der Waals surface area contributed by atoms with Crippen LogP contribution in [0.2, 0.25) is 5.02 Å². The van der Waals surface area contributed by atoms with Crippen molar-refractivity contribution in [2.24, 2.45) is 0 Å². The summed E-state index contributed by atoms with van der Waals surface area (Å²) in [5.74, 6) is 0.441. The number of rotatable bonds is 5. The van der Waals surface area contributed by atoms with Crippen LogP contribution in [0, 0.1) is 0 Å². The van der Waals surface area contributed by atoms with Crippen molar-refractivity contribution in [2.45, 2.75) is 86.7 Å². The fourth-order valence-corrected chi connectivity index (χ4v) is 5.87. The van der Waals surface area contributed by atoms with Crippen LogP contribution in [0.5, 0.6) is 5.75 Å². The molecule has 3 aliphatic heterocycles. The van der Waals surface area contributed by atoms with Crippen molar-refractivity contribution in [1.82, 2.24) is 15.5 Å². The van der Waals surface area contributed by atoms with Crippen molar-refractivity contribution in [3.05, 3.63) is 40.6 Å². The van der Waals surface area contributed by atoms with Gasteiger partial charge in [0.15, 0.2) is 6.10 Å². The van der Waals surface area contributed by atoms with Crippen LogP contribution in [-0.4, -0.2) is 51.9 Å². The molecule has 200 valence electrons. The first-order valence-corrected chi connectivity index (χ1v) is 12.6. The topological polar surface area (TPSA) is 116 Å². The molecule has 1 aromatic heterocycles. The molecular formula is C24H25ClF3N3O6. The maximum atomic E-state index is 13.1. The van der Waals surface area contributed by atoms with Gasteiger partial charge in [0.2, 0.25) is 11.8 Å². The first-order chi connectivity index (χ1) is 17.5. The summed E-state index contributed by atoms with van der Waals surface area (Å²) in [6.45, 7) is 0.239. The van der Waals surface area contributed by atoms with E-state index in [4.69, 9.17) is 25.5 Å². The predicted octanol–water partition coefficient (Wildman–Crippen LogP) is 4.04. The number of benzene rings is 1. The SMILES string of the molecule is O=C(NC12CCC(c3nnc(C4CC(OC(F)(F)F)C4)o3)(CC1)OC2)C1CC(O)c2cc(Cl)ccc2O1. The molecular weight excluding hydrogens is 519 g/mol. The molecule has 9 nitrogen and oxygen atoms in total. The molecule has 2 saturated heterocycles. The summed E-state index contributed by atoms with van der Waals surface area (Å²) in [5.41, 5.74) is -0.798. The Hall–Kier alpha value is -2.41. The highest BCUT2D eigenvalue weighted by molar-refractivity contribution is 6.30. The van der Waals surface area contributed by atoms with Crippen molar-refractivity contribution in [3.8, 4) is 5.75 Å². The third kappa shape index (κ3) is 4.68. The Morgan fingerprint density at radius 3 is 2.59 bits per heavy atom. The zero-order valence-corrected chi connectivity index (χ0v) is 20.3. The van der Waals surface area contributed by atoms with Crippen LogP contribution in [0.15, 0.2) is 22.6 Å². The molecule has 37 heavy (non-hydrogen) atoms. The van der Waals surface area contributed by atoms with Gasteiger partial charge >= 0.3 is 6.36 Å². The molecule has 13 heteroatoms. The average molecular weight is 544 g/mol. The number of carbonyl (C=O) groups is 1. The minimum absolute atomic E-state index is 0.112. The molecule has 7 rings (SSSR count). The molecule has 2 atom stereocenters. The summed E-state index contributed by atoms with van der Waals surface area (Å²) in [5, 5.41) is 22.3. The molecule has 2 aliphatic carbocycles. The van der Waals surface area contributed by atoms with Gasteiger partial charge in [-0.1, -0.05) is 11.6 Å². The Balaban J connectivity index is 1.06. The molecule has 4 fully saturated rings. The van der Waals surface area contributed by atoms with Crippen LogP contribution < -0.4 is 10.1 Å². The highest BCUT2D eigenvalue weighted by Crippen LogP contribution is 2.50. The van der Waals surface area contributed by atoms with E-state index < -0.39 is 35.8 Å². The number of aliphatic hydroxyl groups is 1. The average Bonchev–Trinajstić information content (AvgIpc) is 3.32. The number of halogens is 4. The van der Waals surface area contributed by atoms with E-state index in [-0.39, 0.29) is 37.7 Å². The highest BCUT2D eigenvalue weighted by Gasteiger charge is 2.55. The summed E-state index contributed by atoms with van der Waals surface area (Å²) in [4.78, 5) is 13.1. The molecule has 0 spiro atoms. The molecule has 2 aromatic rings. The zero-order chi connectivity index (χ0) is 26.0. The smallest absolute Gasteiger partial charge is 0.480 e. The molecule has 2 N–H and O–H groups in total. The third-order valence-electron chi connectivity index (χ3n) is 7.93. The van der Waals surface area contributed by atoms with Gasteiger partial charge < -0.3 is 24.3 Å². The van der Waals surface area contributed by atoms with Crippen LogP contribution in [0.1, 0.15) is 74.3 Å². The van der Waals surface area contributed by atoms with Crippen molar-refractivity contribution in [2.75, 3.05) is 6.61 Å². The lowest BCUT2D eigenvalue weighted by molar-refractivity contribution is -0.352. The van der Waals surface area contributed by atoms with E-state index in [0.717, 1.165) is 0 Å². The van der Waals surface area contributed by atoms with Crippen LogP contribution in [-0.2, 0) is 19.9 Å². The number of nitrogens with one attached hydrogen (secondary N) is 1. The minimum Gasteiger partial charge on any atom is -0.480 e.